The van der Waals surface area contributed by atoms with Crippen LogP contribution in [0, 0.1) is 6.92 Å². The fourth-order valence-corrected chi connectivity index (χ4v) is 7.12. The minimum Gasteiger partial charge on any atom is -0.264 e. The van der Waals surface area contributed by atoms with Gasteiger partial charge >= 0.3 is 0 Å². The van der Waals surface area contributed by atoms with Gasteiger partial charge in [-0.2, -0.15) is 0 Å². The maximum absolute atomic E-state index is 4.25. The summed E-state index contributed by atoms with van der Waals surface area (Å²) in [5, 5.41) is 7.72. The second-order valence-corrected chi connectivity index (χ2v) is 12.3. The van der Waals surface area contributed by atoms with Crippen LogP contribution in [0.2, 0.25) is 0 Å². The number of aryl methyl sites for hydroxylation is 2. The Hall–Kier alpha value is -5.53. The average Bonchev–Trinajstić information content (AvgIpc) is 3.11. The minimum absolute atomic E-state index is 1.11. The third-order valence-electron chi connectivity index (χ3n) is 9.39. The first-order chi connectivity index (χ1) is 22.7. The van der Waals surface area contributed by atoms with Crippen molar-refractivity contribution in [3.05, 3.63) is 163 Å². The van der Waals surface area contributed by atoms with Crippen molar-refractivity contribution in [2.75, 3.05) is 0 Å². The molecule has 7 aromatic carbocycles. The number of hydrogen-bond acceptors (Lipinski definition) is 1. The van der Waals surface area contributed by atoms with Gasteiger partial charge in [0.1, 0.15) is 0 Å². The summed E-state index contributed by atoms with van der Waals surface area (Å²) in [6, 6.07) is 51.8. The van der Waals surface area contributed by atoms with Crippen LogP contribution in [0.3, 0.4) is 0 Å². The van der Waals surface area contributed by atoms with Crippen LogP contribution in [0.1, 0.15) is 24.5 Å². The van der Waals surface area contributed by atoms with E-state index in [4.69, 9.17) is 0 Å². The number of fused-ring (bicyclic) bond motifs is 3. The molecule has 0 bridgehead atoms. The Bertz CT molecular complexity index is 2310. The van der Waals surface area contributed by atoms with E-state index in [0.717, 1.165) is 12.8 Å². The standard InChI is InChI=1S/C45H35N/c1-3-8-31-13-14-34-19-24-37(28-38(34)27-31)45-42-11-6-4-9-40(42)44(41-10-5-7-12-43(41)45)36-22-17-33(18-23-36)32-15-20-35(21-16-32)39-25-26-46-29-30(39)2/h4-7,9-29H,3,8H2,1-2H3. The van der Waals surface area contributed by atoms with Crippen molar-refractivity contribution in [1.29, 1.82) is 0 Å². The van der Waals surface area contributed by atoms with E-state index in [1.165, 1.54) is 88.0 Å². The van der Waals surface area contributed by atoms with Gasteiger partial charge < -0.3 is 0 Å². The monoisotopic (exact) mass is 589 g/mol. The first-order valence-corrected chi connectivity index (χ1v) is 16.3. The second kappa shape index (κ2) is 11.8. The Labute approximate surface area is 270 Å². The van der Waals surface area contributed by atoms with Gasteiger partial charge in [0.15, 0.2) is 0 Å². The summed E-state index contributed by atoms with van der Waals surface area (Å²) in [5.74, 6) is 0. The molecule has 1 aromatic heterocycles. The molecule has 220 valence electrons. The zero-order valence-electron chi connectivity index (χ0n) is 26.3. The topological polar surface area (TPSA) is 12.9 Å². The summed E-state index contributed by atoms with van der Waals surface area (Å²) < 4.78 is 0. The second-order valence-electron chi connectivity index (χ2n) is 12.3. The summed E-state index contributed by atoms with van der Waals surface area (Å²) >= 11 is 0. The van der Waals surface area contributed by atoms with Crippen LogP contribution in [0.5, 0.6) is 0 Å². The predicted octanol–water partition coefficient (Wildman–Crippen LogP) is 12.5. The molecule has 1 nitrogen and oxygen atoms in total. The van der Waals surface area contributed by atoms with Crippen molar-refractivity contribution in [3.63, 3.8) is 0 Å². The molecule has 0 N–H and O–H groups in total. The normalized spacial score (nSPS) is 11.4. The SMILES string of the molecule is CCCc1ccc2ccc(-c3c4ccccc4c(-c4ccc(-c5ccc(-c6ccncc6C)cc5)cc4)c4ccccc34)cc2c1. The van der Waals surface area contributed by atoms with E-state index in [1.54, 1.807) is 0 Å². The number of aromatic nitrogens is 1. The number of pyridine rings is 1. The Kier molecular flexibility index (Phi) is 7.15. The van der Waals surface area contributed by atoms with Crippen LogP contribution in [-0.4, -0.2) is 4.98 Å². The summed E-state index contributed by atoms with van der Waals surface area (Å²) in [4.78, 5) is 4.25. The zero-order chi connectivity index (χ0) is 31.0. The van der Waals surface area contributed by atoms with Crippen LogP contribution in [0.4, 0.5) is 0 Å². The van der Waals surface area contributed by atoms with Crippen LogP contribution in [-0.2, 0) is 6.42 Å². The molecule has 1 heterocycles. The lowest BCUT2D eigenvalue weighted by atomic mass is 9.85. The maximum Gasteiger partial charge on any atom is 0.0303 e. The van der Waals surface area contributed by atoms with E-state index in [2.05, 4.69) is 158 Å². The van der Waals surface area contributed by atoms with Gasteiger partial charge in [-0.25, -0.2) is 0 Å². The molecule has 0 aliphatic carbocycles. The predicted molar refractivity (Wildman–Crippen MR) is 197 cm³/mol. The van der Waals surface area contributed by atoms with E-state index < -0.39 is 0 Å². The molecule has 1 heteroatoms. The zero-order valence-corrected chi connectivity index (χ0v) is 26.3. The molecule has 0 aliphatic heterocycles. The van der Waals surface area contributed by atoms with Crippen LogP contribution < -0.4 is 0 Å². The molecule has 0 amide bonds. The Morgan fingerprint density at radius 3 is 1.59 bits per heavy atom. The minimum atomic E-state index is 1.11. The van der Waals surface area contributed by atoms with Gasteiger partial charge in [0.2, 0.25) is 0 Å². The lowest BCUT2D eigenvalue weighted by Gasteiger charge is -2.18. The smallest absolute Gasteiger partial charge is 0.0303 e. The van der Waals surface area contributed by atoms with E-state index in [9.17, 15) is 0 Å². The van der Waals surface area contributed by atoms with E-state index >= 15 is 0 Å². The highest BCUT2D eigenvalue weighted by Crippen LogP contribution is 2.44. The molecular weight excluding hydrogens is 555 g/mol. The molecule has 0 atom stereocenters. The van der Waals surface area contributed by atoms with Crippen molar-refractivity contribution < 1.29 is 0 Å². The molecule has 0 spiro atoms. The quantitative estimate of drug-likeness (QED) is 0.176. The third kappa shape index (κ3) is 4.95. The highest BCUT2D eigenvalue weighted by molar-refractivity contribution is 6.21. The summed E-state index contributed by atoms with van der Waals surface area (Å²) in [6.07, 6.45) is 6.05. The summed E-state index contributed by atoms with van der Waals surface area (Å²) in [7, 11) is 0. The van der Waals surface area contributed by atoms with Gasteiger partial charge in [-0.05, 0) is 113 Å². The lowest BCUT2D eigenvalue weighted by molar-refractivity contribution is 0.924. The van der Waals surface area contributed by atoms with Crippen molar-refractivity contribution in [3.8, 4) is 44.5 Å². The van der Waals surface area contributed by atoms with Crippen molar-refractivity contribution in [1.82, 2.24) is 4.98 Å². The maximum atomic E-state index is 4.25. The number of nitrogens with zero attached hydrogens (tertiary/aromatic N) is 1. The first kappa shape index (κ1) is 28.0. The molecule has 0 unspecified atom stereocenters. The Morgan fingerprint density at radius 1 is 0.478 bits per heavy atom. The van der Waals surface area contributed by atoms with Gasteiger partial charge in [-0.3, -0.25) is 4.98 Å². The fourth-order valence-electron chi connectivity index (χ4n) is 7.12. The molecule has 0 aliphatic rings. The molecule has 8 rings (SSSR count). The number of benzene rings is 7. The van der Waals surface area contributed by atoms with Crippen molar-refractivity contribution in [2.24, 2.45) is 0 Å². The number of rotatable bonds is 6. The van der Waals surface area contributed by atoms with Gasteiger partial charge in [-0.1, -0.05) is 141 Å². The summed E-state index contributed by atoms with van der Waals surface area (Å²) in [5.41, 5.74) is 12.5. The summed E-state index contributed by atoms with van der Waals surface area (Å²) in [6.45, 7) is 4.36. The molecule has 46 heavy (non-hydrogen) atoms. The van der Waals surface area contributed by atoms with E-state index in [0.29, 0.717) is 0 Å². The van der Waals surface area contributed by atoms with Crippen molar-refractivity contribution in [2.45, 2.75) is 26.7 Å². The van der Waals surface area contributed by atoms with E-state index in [1.807, 2.05) is 12.4 Å². The van der Waals surface area contributed by atoms with Gasteiger partial charge in [0, 0.05) is 12.4 Å². The first-order valence-electron chi connectivity index (χ1n) is 16.3. The third-order valence-corrected chi connectivity index (χ3v) is 9.39. The molecule has 8 aromatic rings. The Balaban J connectivity index is 1.24. The fraction of sp³-hybridized carbons (Fsp3) is 0.0889. The van der Waals surface area contributed by atoms with Gasteiger partial charge in [-0.15, -0.1) is 0 Å². The van der Waals surface area contributed by atoms with Crippen LogP contribution in [0.25, 0.3) is 76.8 Å². The highest BCUT2D eigenvalue weighted by Gasteiger charge is 2.17. The van der Waals surface area contributed by atoms with Gasteiger partial charge in [0.25, 0.3) is 0 Å². The number of hydrogen-bond donors (Lipinski definition) is 0. The van der Waals surface area contributed by atoms with Crippen LogP contribution >= 0.6 is 0 Å². The molecule has 0 saturated carbocycles. The molecule has 0 saturated heterocycles. The molecule has 0 fully saturated rings. The van der Waals surface area contributed by atoms with Crippen molar-refractivity contribution >= 4 is 32.3 Å². The Morgan fingerprint density at radius 2 is 1.00 bits per heavy atom. The average molecular weight is 590 g/mol. The molecule has 0 radical (unpaired) electrons. The molecular formula is C45H35N. The lowest BCUT2D eigenvalue weighted by Crippen LogP contribution is -1.91. The highest BCUT2D eigenvalue weighted by atomic mass is 14.6. The van der Waals surface area contributed by atoms with Gasteiger partial charge in [0.05, 0.1) is 0 Å². The van der Waals surface area contributed by atoms with E-state index in [-0.39, 0.29) is 0 Å². The van der Waals surface area contributed by atoms with Crippen LogP contribution in [0.15, 0.2) is 152 Å². The largest absolute Gasteiger partial charge is 0.264 e.